The second-order valence-corrected chi connectivity index (χ2v) is 6.37. The van der Waals surface area contributed by atoms with E-state index in [9.17, 15) is 8.42 Å². The molecule has 0 spiro atoms. The maximum atomic E-state index is 12.1. The number of hydrogen-bond donors (Lipinski definition) is 0. The summed E-state index contributed by atoms with van der Waals surface area (Å²) in [4.78, 5) is 0.406. The van der Waals surface area contributed by atoms with Gasteiger partial charge in [-0.2, -0.15) is 5.10 Å². The first-order valence-corrected chi connectivity index (χ1v) is 7.50. The van der Waals surface area contributed by atoms with Gasteiger partial charge in [0.1, 0.15) is 0 Å². The Labute approximate surface area is 107 Å². The lowest BCUT2D eigenvalue weighted by molar-refractivity contribution is 0.572. The molecular weight excluding hydrogens is 248 g/mol. The standard InChI is InChI=1S/C13H16N2O2S/c1-12-5-2-6-13(11-12)18(16,17)10-4-9-15-8-3-7-14-15/h2-3,5-8,11H,4,9-10H2,1H3. The zero-order valence-corrected chi connectivity index (χ0v) is 11.1. The molecule has 0 N–H and O–H groups in total. The topological polar surface area (TPSA) is 52.0 Å². The minimum Gasteiger partial charge on any atom is -0.273 e. The van der Waals surface area contributed by atoms with Crippen molar-refractivity contribution in [2.24, 2.45) is 0 Å². The minimum atomic E-state index is -3.18. The zero-order valence-electron chi connectivity index (χ0n) is 10.3. The van der Waals surface area contributed by atoms with E-state index in [4.69, 9.17) is 0 Å². The van der Waals surface area contributed by atoms with Crippen molar-refractivity contribution in [3.63, 3.8) is 0 Å². The Balaban J connectivity index is 1.99. The lowest BCUT2D eigenvalue weighted by atomic mass is 10.2. The predicted octanol–water partition coefficient (Wildman–Crippen LogP) is 2.06. The fraction of sp³-hybridized carbons (Fsp3) is 0.308. The molecule has 96 valence electrons. The largest absolute Gasteiger partial charge is 0.273 e. The summed E-state index contributed by atoms with van der Waals surface area (Å²) in [7, 11) is -3.18. The van der Waals surface area contributed by atoms with E-state index in [1.165, 1.54) is 0 Å². The Morgan fingerprint density at radius 1 is 1.28 bits per heavy atom. The molecule has 0 atom stereocenters. The van der Waals surface area contributed by atoms with Gasteiger partial charge >= 0.3 is 0 Å². The molecule has 0 aliphatic carbocycles. The lowest BCUT2D eigenvalue weighted by Gasteiger charge is -2.05. The summed E-state index contributed by atoms with van der Waals surface area (Å²) in [6.45, 7) is 2.51. The van der Waals surface area contributed by atoms with Crippen LogP contribution in [-0.2, 0) is 16.4 Å². The van der Waals surface area contributed by atoms with Gasteiger partial charge in [-0.25, -0.2) is 8.42 Å². The Bertz CT molecular complexity index is 604. The van der Waals surface area contributed by atoms with Gasteiger partial charge in [-0.1, -0.05) is 12.1 Å². The molecule has 1 aromatic carbocycles. The number of nitrogens with zero attached hydrogens (tertiary/aromatic N) is 2. The van der Waals surface area contributed by atoms with Crippen molar-refractivity contribution in [2.75, 3.05) is 5.75 Å². The van der Waals surface area contributed by atoms with E-state index in [1.807, 2.05) is 25.3 Å². The number of aromatic nitrogens is 2. The van der Waals surface area contributed by atoms with Gasteiger partial charge in [0.2, 0.25) is 0 Å². The Morgan fingerprint density at radius 2 is 2.11 bits per heavy atom. The van der Waals surface area contributed by atoms with E-state index in [1.54, 1.807) is 29.1 Å². The normalized spacial score (nSPS) is 11.6. The minimum absolute atomic E-state index is 0.149. The van der Waals surface area contributed by atoms with Crippen molar-refractivity contribution in [1.29, 1.82) is 0 Å². The second kappa shape index (κ2) is 5.35. The van der Waals surface area contributed by atoms with Gasteiger partial charge in [0.15, 0.2) is 9.84 Å². The molecule has 0 amide bonds. The SMILES string of the molecule is Cc1cccc(S(=O)(=O)CCCn2cccn2)c1. The van der Waals surface area contributed by atoms with Crippen LogP contribution in [0.1, 0.15) is 12.0 Å². The zero-order chi connectivity index (χ0) is 13.0. The molecule has 1 heterocycles. The van der Waals surface area contributed by atoms with Crippen LogP contribution in [0.5, 0.6) is 0 Å². The second-order valence-electron chi connectivity index (χ2n) is 4.26. The monoisotopic (exact) mass is 264 g/mol. The number of hydrogen-bond acceptors (Lipinski definition) is 3. The molecule has 0 aliphatic heterocycles. The average Bonchev–Trinajstić information content (AvgIpc) is 2.82. The van der Waals surface area contributed by atoms with E-state index in [0.29, 0.717) is 17.9 Å². The van der Waals surface area contributed by atoms with E-state index in [-0.39, 0.29) is 5.75 Å². The maximum absolute atomic E-state index is 12.1. The van der Waals surface area contributed by atoms with Crippen molar-refractivity contribution < 1.29 is 8.42 Å². The van der Waals surface area contributed by atoms with Crippen LogP contribution in [0.15, 0.2) is 47.6 Å². The summed E-state index contributed by atoms with van der Waals surface area (Å²) >= 11 is 0. The molecule has 0 fully saturated rings. The van der Waals surface area contributed by atoms with Crippen LogP contribution in [0.25, 0.3) is 0 Å². The molecule has 0 radical (unpaired) electrons. The third kappa shape index (κ3) is 3.20. The van der Waals surface area contributed by atoms with Gasteiger partial charge in [-0.3, -0.25) is 4.68 Å². The summed E-state index contributed by atoms with van der Waals surface area (Å²) < 4.78 is 25.9. The molecule has 4 nitrogen and oxygen atoms in total. The Hall–Kier alpha value is -1.62. The van der Waals surface area contributed by atoms with Crippen LogP contribution in [0.2, 0.25) is 0 Å². The first kappa shape index (κ1) is 12.8. The Morgan fingerprint density at radius 3 is 2.78 bits per heavy atom. The molecule has 0 bridgehead atoms. The highest BCUT2D eigenvalue weighted by molar-refractivity contribution is 7.91. The van der Waals surface area contributed by atoms with Gasteiger partial charge in [0, 0.05) is 18.9 Å². The molecule has 2 aromatic rings. The van der Waals surface area contributed by atoms with Gasteiger partial charge in [-0.05, 0) is 37.1 Å². The van der Waals surface area contributed by atoms with Crippen LogP contribution < -0.4 is 0 Å². The quantitative estimate of drug-likeness (QED) is 0.830. The van der Waals surface area contributed by atoms with Crippen LogP contribution >= 0.6 is 0 Å². The molecule has 5 heteroatoms. The number of aryl methyl sites for hydroxylation is 2. The third-order valence-electron chi connectivity index (χ3n) is 2.71. The van der Waals surface area contributed by atoms with E-state index in [0.717, 1.165) is 5.56 Å². The molecule has 0 saturated heterocycles. The fourth-order valence-corrected chi connectivity index (χ4v) is 3.17. The summed E-state index contributed by atoms with van der Waals surface area (Å²) in [5, 5.41) is 4.04. The smallest absolute Gasteiger partial charge is 0.178 e. The van der Waals surface area contributed by atoms with Crippen molar-refractivity contribution in [3.8, 4) is 0 Å². The summed E-state index contributed by atoms with van der Waals surface area (Å²) in [6.07, 6.45) is 4.09. The molecule has 2 rings (SSSR count). The van der Waals surface area contributed by atoms with Gasteiger partial charge in [0.25, 0.3) is 0 Å². The molecular formula is C13H16N2O2S. The van der Waals surface area contributed by atoms with Crippen LogP contribution in [0.3, 0.4) is 0 Å². The van der Waals surface area contributed by atoms with Crippen molar-refractivity contribution in [3.05, 3.63) is 48.3 Å². The highest BCUT2D eigenvalue weighted by Gasteiger charge is 2.13. The fourth-order valence-electron chi connectivity index (χ4n) is 1.78. The van der Waals surface area contributed by atoms with Crippen molar-refractivity contribution in [2.45, 2.75) is 24.8 Å². The van der Waals surface area contributed by atoms with Crippen LogP contribution in [0.4, 0.5) is 0 Å². The number of sulfone groups is 1. The first-order chi connectivity index (χ1) is 8.58. The predicted molar refractivity (Wildman–Crippen MR) is 70.1 cm³/mol. The highest BCUT2D eigenvalue weighted by atomic mass is 32.2. The average molecular weight is 264 g/mol. The van der Waals surface area contributed by atoms with Crippen molar-refractivity contribution in [1.82, 2.24) is 9.78 Å². The summed E-state index contributed by atoms with van der Waals surface area (Å²) in [5.74, 6) is 0.149. The molecule has 18 heavy (non-hydrogen) atoms. The molecule has 0 unspecified atom stereocenters. The van der Waals surface area contributed by atoms with E-state index >= 15 is 0 Å². The maximum Gasteiger partial charge on any atom is 0.178 e. The molecule has 0 aliphatic rings. The number of rotatable bonds is 5. The van der Waals surface area contributed by atoms with Crippen LogP contribution in [0, 0.1) is 6.92 Å². The lowest BCUT2D eigenvalue weighted by Crippen LogP contribution is -2.10. The first-order valence-electron chi connectivity index (χ1n) is 5.85. The van der Waals surface area contributed by atoms with Gasteiger partial charge in [-0.15, -0.1) is 0 Å². The summed E-state index contributed by atoms with van der Waals surface area (Å²) in [5.41, 5.74) is 0.961. The van der Waals surface area contributed by atoms with E-state index in [2.05, 4.69) is 5.10 Å². The Kier molecular flexibility index (Phi) is 3.81. The highest BCUT2D eigenvalue weighted by Crippen LogP contribution is 2.13. The molecule has 0 saturated carbocycles. The third-order valence-corrected chi connectivity index (χ3v) is 4.51. The van der Waals surface area contributed by atoms with Crippen LogP contribution in [-0.4, -0.2) is 24.0 Å². The van der Waals surface area contributed by atoms with Crippen molar-refractivity contribution >= 4 is 9.84 Å². The summed E-state index contributed by atoms with van der Waals surface area (Å²) in [6, 6.07) is 8.85. The van der Waals surface area contributed by atoms with Gasteiger partial charge in [0.05, 0.1) is 10.6 Å². The number of benzene rings is 1. The van der Waals surface area contributed by atoms with Gasteiger partial charge < -0.3 is 0 Å². The molecule has 1 aromatic heterocycles. The van der Waals surface area contributed by atoms with E-state index < -0.39 is 9.84 Å².